The minimum absolute atomic E-state index is 0.231. The van der Waals surface area contributed by atoms with Crippen molar-refractivity contribution in [2.45, 2.75) is 53.5 Å². The maximum atomic E-state index is 13.1. The van der Waals surface area contributed by atoms with Crippen LogP contribution in [0.5, 0.6) is 0 Å². The van der Waals surface area contributed by atoms with Crippen molar-refractivity contribution in [3.05, 3.63) is 52.3 Å². The lowest BCUT2D eigenvalue weighted by atomic mass is 10.0. The fraction of sp³-hybridized carbons (Fsp3) is 0.409. The van der Waals surface area contributed by atoms with Crippen molar-refractivity contribution >= 4 is 11.8 Å². The minimum atomic E-state index is -0.687. The van der Waals surface area contributed by atoms with Gasteiger partial charge in [0.05, 0.1) is 17.9 Å². The number of esters is 1. The molecule has 0 bridgehead atoms. The van der Waals surface area contributed by atoms with E-state index in [0.717, 1.165) is 5.56 Å². The number of nitrogens with zero attached hydrogens (tertiary/aromatic N) is 4. The zero-order chi connectivity index (χ0) is 22.0. The molecule has 2 aromatic heterocycles. The Bertz CT molecular complexity index is 1060. The van der Waals surface area contributed by atoms with Crippen LogP contribution in [0.15, 0.2) is 24.3 Å². The van der Waals surface area contributed by atoms with Crippen molar-refractivity contribution in [3.8, 4) is 11.4 Å². The lowest BCUT2D eigenvalue weighted by Crippen LogP contribution is -2.20. The predicted molar refractivity (Wildman–Crippen MR) is 113 cm³/mol. The first-order chi connectivity index (χ1) is 14.2. The molecule has 3 rings (SSSR count). The third-order valence-electron chi connectivity index (χ3n) is 5.15. The molecule has 0 radical (unpaired) electrons. The van der Waals surface area contributed by atoms with Gasteiger partial charge in [-0.2, -0.15) is 4.80 Å². The zero-order valence-electron chi connectivity index (χ0n) is 18.2. The number of carbonyl (C=O) groups excluding carboxylic acids is 2. The normalized spacial score (nSPS) is 12.2. The van der Waals surface area contributed by atoms with E-state index >= 15 is 0 Å². The smallest absolute Gasteiger partial charge is 0.340 e. The molecule has 30 heavy (non-hydrogen) atoms. The summed E-state index contributed by atoms with van der Waals surface area (Å²) in [5, 5.41) is 12.6. The summed E-state index contributed by atoms with van der Waals surface area (Å²) < 4.78 is 5.09. The molecular formula is C22H27N5O3. The molecule has 0 unspecified atom stereocenters. The van der Waals surface area contributed by atoms with Gasteiger partial charge in [0, 0.05) is 11.3 Å². The van der Waals surface area contributed by atoms with Gasteiger partial charge in [0.25, 0.3) is 0 Å². The Balaban J connectivity index is 1.84. The molecule has 0 aliphatic carbocycles. The van der Waals surface area contributed by atoms with Crippen LogP contribution in [0.4, 0.5) is 0 Å². The van der Waals surface area contributed by atoms with Crippen LogP contribution in [0.25, 0.3) is 11.4 Å². The summed E-state index contributed by atoms with van der Waals surface area (Å²) in [5.74, 6) is 0.218. The molecule has 0 aliphatic rings. The molecule has 1 aromatic carbocycles. The fourth-order valence-corrected chi connectivity index (χ4v) is 3.34. The number of hydrogen-bond acceptors (Lipinski definition) is 6. The molecule has 158 valence electrons. The molecule has 1 N–H and O–H groups in total. The monoisotopic (exact) mass is 409 g/mol. The summed E-state index contributed by atoms with van der Waals surface area (Å²) in [5.41, 5.74) is 3.96. The number of aromatic amines is 1. The SMILES string of the molecule is CCOC(=O)c1c(C)[nH]c(C(=O)[C@H](C)n2nnc(-c3ccc(C(C)C)cc3)n2)c1C. The average Bonchev–Trinajstić information content (AvgIpc) is 3.32. The number of aromatic nitrogens is 5. The maximum absolute atomic E-state index is 13.1. The number of H-pyrrole nitrogens is 1. The summed E-state index contributed by atoms with van der Waals surface area (Å²) in [6.45, 7) is 11.5. The lowest BCUT2D eigenvalue weighted by molar-refractivity contribution is 0.0525. The fourth-order valence-electron chi connectivity index (χ4n) is 3.34. The zero-order valence-corrected chi connectivity index (χ0v) is 18.2. The molecule has 0 amide bonds. The van der Waals surface area contributed by atoms with Crippen molar-refractivity contribution in [2.75, 3.05) is 6.61 Å². The summed E-state index contributed by atoms with van der Waals surface area (Å²) in [6, 6.07) is 7.29. The van der Waals surface area contributed by atoms with E-state index in [1.54, 1.807) is 27.7 Å². The van der Waals surface area contributed by atoms with Gasteiger partial charge >= 0.3 is 5.97 Å². The van der Waals surface area contributed by atoms with E-state index in [1.807, 2.05) is 24.3 Å². The highest BCUT2D eigenvalue weighted by Crippen LogP contribution is 2.24. The number of aryl methyl sites for hydroxylation is 1. The van der Waals surface area contributed by atoms with Crippen LogP contribution < -0.4 is 0 Å². The van der Waals surface area contributed by atoms with Crippen molar-refractivity contribution in [2.24, 2.45) is 0 Å². The molecule has 8 heteroatoms. The van der Waals surface area contributed by atoms with Gasteiger partial charge in [0.2, 0.25) is 11.6 Å². The molecule has 1 atom stereocenters. The number of tetrazole rings is 1. The number of nitrogens with one attached hydrogen (secondary N) is 1. The van der Waals surface area contributed by atoms with Gasteiger partial charge in [0.1, 0.15) is 6.04 Å². The van der Waals surface area contributed by atoms with Crippen molar-refractivity contribution in [1.82, 2.24) is 25.2 Å². The van der Waals surface area contributed by atoms with Crippen LogP contribution >= 0.6 is 0 Å². The second-order valence-electron chi connectivity index (χ2n) is 7.60. The first-order valence-electron chi connectivity index (χ1n) is 10.0. The van der Waals surface area contributed by atoms with E-state index in [4.69, 9.17) is 4.74 Å². The van der Waals surface area contributed by atoms with Crippen LogP contribution in [0.3, 0.4) is 0 Å². The highest BCUT2D eigenvalue weighted by molar-refractivity contribution is 6.03. The van der Waals surface area contributed by atoms with E-state index in [0.29, 0.717) is 34.3 Å². The van der Waals surface area contributed by atoms with E-state index < -0.39 is 12.0 Å². The van der Waals surface area contributed by atoms with E-state index in [-0.39, 0.29) is 12.4 Å². The van der Waals surface area contributed by atoms with Gasteiger partial charge in [-0.1, -0.05) is 38.1 Å². The first-order valence-corrected chi connectivity index (χ1v) is 10.0. The Labute approximate surface area is 175 Å². The summed E-state index contributed by atoms with van der Waals surface area (Å²) >= 11 is 0. The van der Waals surface area contributed by atoms with Gasteiger partial charge in [-0.25, -0.2) is 4.79 Å². The van der Waals surface area contributed by atoms with Gasteiger partial charge in [-0.15, -0.1) is 10.2 Å². The lowest BCUT2D eigenvalue weighted by Gasteiger charge is -2.08. The molecule has 8 nitrogen and oxygen atoms in total. The highest BCUT2D eigenvalue weighted by Gasteiger charge is 2.27. The molecule has 0 saturated carbocycles. The maximum Gasteiger partial charge on any atom is 0.340 e. The third kappa shape index (κ3) is 4.03. The van der Waals surface area contributed by atoms with Gasteiger partial charge in [-0.05, 0) is 50.0 Å². The molecule has 0 spiro atoms. The predicted octanol–water partition coefficient (Wildman–Crippen LogP) is 4.03. The Morgan fingerprint density at radius 1 is 1.13 bits per heavy atom. The first kappa shape index (κ1) is 21.4. The summed E-state index contributed by atoms with van der Waals surface area (Å²) in [6.07, 6.45) is 0. The number of benzene rings is 1. The third-order valence-corrected chi connectivity index (χ3v) is 5.15. The molecule has 0 aliphatic heterocycles. The number of ketones is 1. The van der Waals surface area contributed by atoms with Crippen molar-refractivity contribution in [1.29, 1.82) is 0 Å². The number of rotatable bonds is 7. The van der Waals surface area contributed by atoms with Crippen molar-refractivity contribution < 1.29 is 14.3 Å². The van der Waals surface area contributed by atoms with Crippen LogP contribution in [-0.4, -0.2) is 43.6 Å². The average molecular weight is 409 g/mol. The minimum Gasteiger partial charge on any atom is -0.462 e. The van der Waals surface area contributed by atoms with E-state index in [9.17, 15) is 9.59 Å². The molecule has 3 aromatic rings. The largest absolute Gasteiger partial charge is 0.462 e. The van der Waals surface area contributed by atoms with Crippen molar-refractivity contribution in [3.63, 3.8) is 0 Å². The number of ether oxygens (including phenoxy) is 1. The Morgan fingerprint density at radius 2 is 1.80 bits per heavy atom. The van der Waals surface area contributed by atoms with Crippen LogP contribution in [0, 0.1) is 13.8 Å². The number of carbonyl (C=O) groups is 2. The van der Waals surface area contributed by atoms with Crippen LogP contribution in [-0.2, 0) is 4.74 Å². The quantitative estimate of drug-likeness (QED) is 0.467. The Hall–Kier alpha value is -3.29. The topological polar surface area (TPSA) is 103 Å². The Kier molecular flexibility index (Phi) is 6.14. The Morgan fingerprint density at radius 3 is 2.40 bits per heavy atom. The van der Waals surface area contributed by atoms with E-state index in [1.165, 1.54) is 10.4 Å². The van der Waals surface area contributed by atoms with Crippen LogP contribution in [0.1, 0.15) is 77.3 Å². The molecular weight excluding hydrogens is 382 g/mol. The molecule has 2 heterocycles. The second-order valence-corrected chi connectivity index (χ2v) is 7.60. The standard InChI is InChI=1S/C22H27N5O3/c1-7-30-22(29)18-13(4)19(23-14(18)5)20(28)15(6)27-25-21(24-26-27)17-10-8-16(9-11-17)12(2)3/h8-12,15,23H,7H2,1-6H3/t15-/m0/s1. The second kappa shape index (κ2) is 8.61. The highest BCUT2D eigenvalue weighted by atomic mass is 16.5. The summed E-state index contributed by atoms with van der Waals surface area (Å²) in [4.78, 5) is 29.6. The van der Waals surface area contributed by atoms with E-state index in [2.05, 4.69) is 34.2 Å². The number of hydrogen-bond donors (Lipinski definition) is 1. The molecule has 0 fully saturated rings. The van der Waals surface area contributed by atoms with Gasteiger partial charge in [-0.3, -0.25) is 4.79 Å². The van der Waals surface area contributed by atoms with Gasteiger partial charge in [0.15, 0.2) is 0 Å². The molecule has 0 saturated heterocycles. The summed E-state index contributed by atoms with van der Waals surface area (Å²) in [7, 11) is 0. The number of Topliss-reactive ketones (excluding diaryl/α,β-unsaturated/α-hetero) is 1. The van der Waals surface area contributed by atoms with Crippen LogP contribution in [0.2, 0.25) is 0 Å². The van der Waals surface area contributed by atoms with Gasteiger partial charge < -0.3 is 9.72 Å².